The number of ether oxygens (including phenoxy) is 1. The Hall–Kier alpha value is -2.68. The van der Waals surface area contributed by atoms with Crippen molar-refractivity contribution >= 4 is 23.3 Å². The molecule has 1 aromatic rings. The Balaban J connectivity index is 2.34. The number of para-hydroxylation sites is 1. The first-order valence-corrected chi connectivity index (χ1v) is 7.79. The molecule has 0 aromatic heterocycles. The second-order valence-electron chi connectivity index (χ2n) is 6.53. The summed E-state index contributed by atoms with van der Waals surface area (Å²) >= 11 is 0. The Bertz CT molecular complexity index is 733. The van der Waals surface area contributed by atoms with Crippen LogP contribution in [-0.4, -0.2) is 40.2 Å². The van der Waals surface area contributed by atoms with Gasteiger partial charge in [-0.05, 0) is 13.0 Å². The number of benzene rings is 1. The number of anilines is 1. The molecule has 0 heterocycles. The van der Waals surface area contributed by atoms with E-state index in [0.29, 0.717) is 6.61 Å². The van der Waals surface area contributed by atoms with Crippen LogP contribution in [0.15, 0.2) is 18.2 Å². The monoisotopic (exact) mass is 351 g/mol. The molecule has 4 N–H and O–H groups in total. The molecule has 1 amide bonds. The molecule has 0 saturated heterocycles. The van der Waals surface area contributed by atoms with Crippen LogP contribution in [0.4, 0.5) is 11.4 Å². The van der Waals surface area contributed by atoms with Gasteiger partial charge in [-0.1, -0.05) is 19.9 Å². The predicted octanol–water partition coefficient (Wildman–Crippen LogP) is 1.57. The fraction of sp³-hybridized carbons (Fsp3) is 0.500. The SMILES string of the molecule is CCOC1CC(NC(=O)c2cccc([N+](=O)[O-])c2N)(C(=O)O)C1(C)C. The van der Waals surface area contributed by atoms with Gasteiger partial charge in [-0.25, -0.2) is 4.79 Å². The number of hydrogen-bond acceptors (Lipinski definition) is 6. The average Bonchev–Trinajstić information content (AvgIpc) is 2.52. The van der Waals surface area contributed by atoms with E-state index in [-0.39, 0.29) is 23.8 Å². The Labute approximate surface area is 144 Å². The van der Waals surface area contributed by atoms with Crippen molar-refractivity contribution in [2.75, 3.05) is 12.3 Å². The molecule has 1 saturated carbocycles. The summed E-state index contributed by atoms with van der Waals surface area (Å²) < 4.78 is 5.53. The van der Waals surface area contributed by atoms with E-state index in [1.54, 1.807) is 20.8 Å². The Kier molecular flexibility index (Phi) is 4.72. The largest absolute Gasteiger partial charge is 0.479 e. The number of rotatable bonds is 6. The number of carbonyl (C=O) groups excluding carboxylic acids is 1. The molecular formula is C16H21N3O6. The average molecular weight is 351 g/mol. The zero-order chi connectivity index (χ0) is 19.0. The van der Waals surface area contributed by atoms with Crippen molar-refractivity contribution in [3.63, 3.8) is 0 Å². The van der Waals surface area contributed by atoms with Crippen LogP contribution in [0.3, 0.4) is 0 Å². The lowest BCUT2D eigenvalue weighted by atomic mass is 9.54. The van der Waals surface area contributed by atoms with E-state index in [4.69, 9.17) is 10.5 Å². The molecule has 0 aliphatic heterocycles. The van der Waals surface area contributed by atoms with Gasteiger partial charge < -0.3 is 20.9 Å². The van der Waals surface area contributed by atoms with Crippen molar-refractivity contribution < 1.29 is 24.4 Å². The number of nitrogens with zero attached hydrogens (tertiary/aromatic N) is 1. The van der Waals surface area contributed by atoms with Crippen LogP contribution in [0.2, 0.25) is 0 Å². The van der Waals surface area contributed by atoms with E-state index in [0.717, 1.165) is 0 Å². The van der Waals surface area contributed by atoms with E-state index in [9.17, 15) is 24.8 Å². The van der Waals surface area contributed by atoms with Gasteiger partial charge in [0.25, 0.3) is 11.6 Å². The van der Waals surface area contributed by atoms with E-state index in [2.05, 4.69) is 5.32 Å². The van der Waals surface area contributed by atoms with Gasteiger partial charge in [0.15, 0.2) is 0 Å². The number of nitro benzene ring substituents is 1. The number of nitro groups is 1. The molecule has 1 aliphatic carbocycles. The number of amides is 1. The zero-order valence-electron chi connectivity index (χ0n) is 14.2. The van der Waals surface area contributed by atoms with Crippen molar-refractivity contribution in [1.29, 1.82) is 0 Å². The summed E-state index contributed by atoms with van der Waals surface area (Å²) in [5.41, 5.74) is 2.46. The number of carboxylic acid groups (broad SMARTS) is 1. The molecular weight excluding hydrogens is 330 g/mol. The topological polar surface area (TPSA) is 145 Å². The third kappa shape index (κ3) is 2.80. The summed E-state index contributed by atoms with van der Waals surface area (Å²) in [7, 11) is 0. The van der Waals surface area contributed by atoms with E-state index < -0.39 is 33.4 Å². The molecule has 2 unspecified atom stereocenters. The maximum absolute atomic E-state index is 12.6. The zero-order valence-corrected chi connectivity index (χ0v) is 14.2. The molecule has 2 atom stereocenters. The fourth-order valence-corrected chi connectivity index (χ4v) is 3.21. The maximum Gasteiger partial charge on any atom is 0.330 e. The summed E-state index contributed by atoms with van der Waals surface area (Å²) in [6, 6.07) is 3.82. The van der Waals surface area contributed by atoms with Crippen LogP contribution in [0.1, 0.15) is 37.6 Å². The van der Waals surface area contributed by atoms with E-state index in [1.165, 1.54) is 18.2 Å². The first-order valence-electron chi connectivity index (χ1n) is 7.79. The smallest absolute Gasteiger partial charge is 0.330 e. The number of nitrogens with two attached hydrogens (primary N) is 1. The van der Waals surface area contributed by atoms with Crippen LogP contribution in [-0.2, 0) is 9.53 Å². The Morgan fingerprint density at radius 2 is 2.12 bits per heavy atom. The third-order valence-electron chi connectivity index (χ3n) is 4.98. The Morgan fingerprint density at radius 1 is 1.48 bits per heavy atom. The van der Waals surface area contributed by atoms with E-state index in [1.807, 2.05) is 0 Å². The number of carbonyl (C=O) groups is 2. The molecule has 1 fully saturated rings. The molecule has 2 rings (SSSR count). The van der Waals surface area contributed by atoms with Gasteiger partial charge in [0.2, 0.25) is 0 Å². The second-order valence-corrected chi connectivity index (χ2v) is 6.53. The number of nitrogen functional groups attached to an aromatic ring is 1. The lowest BCUT2D eigenvalue weighted by Gasteiger charge is -2.58. The highest BCUT2D eigenvalue weighted by Gasteiger charge is 2.66. The van der Waals surface area contributed by atoms with E-state index >= 15 is 0 Å². The Morgan fingerprint density at radius 3 is 2.60 bits per heavy atom. The maximum atomic E-state index is 12.6. The standard InChI is InChI=1S/C16H21N3O6/c1-4-25-11-8-16(14(21)22,15(11,2)3)18-13(20)9-6-5-7-10(12(9)17)19(23)24/h5-7,11H,4,8,17H2,1-3H3,(H,18,20)(H,21,22). The number of hydrogen-bond donors (Lipinski definition) is 3. The van der Waals surface area contributed by atoms with Crippen LogP contribution in [0.25, 0.3) is 0 Å². The van der Waals surface area contributed by atoms with Gasteiger partial charge in [0.05, 0.1) is 16.6 Å². The summed E-state index contributed by atoms with van der Waals surface area (Å²) in [4.78, 5) is 34.7. The third-order valence-corrected chi connectivity index (χ3v) is 4.98. The van der Waals surface area contributed by atoms with Crippen molar-refractivity contribution in [2.45, 2.75) is 38.8 Å². The summed E-state index contributed by atoms with van der Waals surface area (Å²) in [5, 5.41) is 23.2. The highest BCUT2D eigenvalue weighted by atomic mass is 16.6. The van der Waals surface area contributed by atoms with Crippen molar-refractivity contribution in [1.82, 2.24) is 5.32 Å². The molecule has 0 spiro atoms. The first-order chi connectivity index (χ1) is 11.6. The summed E-state index contributed by atoms with van der Waals surface area (Å²) in [6.45, 7) is 5.62. The lowest BCUT2D eigenvalue weighted by Crippen LogP contribution is -2.76. The molecule has 25 heavy (non-hydrogen) atoms. The molecule has 1 aromatic carbocycles. The molecule has 1 aliphatic rings. The van der Waals surface area contributed by atoms with Crippen molar-refractivity contribution in [3.05, 3.63) is 33.9 Å². The molecule has 9 nitrogen and oxygen atoms in total. The van der Waals surface area contributed by atoms with Gasteiger partial charge in [-0.15, -0.1) is 0 Å². The molecule has 0 radical (unpaired) electrons. The van der Waals surface area contributed by atoms with Crippen molar-refractivity contribution in [3.8, 4) is 0 Å². The van der Waals surface area contributed by atoms with Gasteiger partial charge in [0.1, 0.15) is 11.2 Å². The number of nitrogens with one attached hydrogen (secondary N) is 1. The number of carboxylic acids is 1. The van der Waals surface area contributed by atoms with Gasteiger partial charge in [0, 0.05) is 24.5 Å². The van der Waals surface area contributed by atoms with Gasteiger partial charge in [-0.2, -0.15) is 0 Å². The minimum atomic E-state index is -1.54. The highest BCUT2D eigenvalue weighted by Crippen LogP contribution is 2.51. The van der Waals surface area contributed by atoms with Crippen LogP contribution < -0.4 is 11.1 Å². The van der Waals surface area contributed by atoms with Crippen LogP contribution in [0.5, 0.6) is 0 Å². The summed E-state index contributed by atoms with van der Waals surface area (Å²) in [5.74, 6) is -1.96. The first kappa shape index (κ1) is 18.7. The highest BCUT2D eigenvalue weighted by molar-refractivity contribution is 6.03. The molecule has 9 heteroatoms. The minimum Gasteiger partial charge on any atom is -0.479 e. The van der Waals surface area contributed by atoms with Gasteiger partial charge >= 0.3 is 5.97 Å². The lowest BCUT2D eigenvalue weighted by molar-refractivity contribution is -0.383. The quantitative estimate of drug-likeness (QED) is 0.400. The summed E-state index contributed by atoms with van der Waals surface area (Å²) in [6.07, 6.45) is -0.222. The number of aliphatic carboxylic acids is 1. The van der Waals surface area contributed by atoms with Crippen molar-refractivity contribution in [2.24, 2.45) is 5.41 Å². The fourth-order valence-electron chi connectivity index (χ4n) is 3.21. The van der Waals surface area contributed by atoms with Crippen LogP contribution >= 0.6 is 0 Å². The second kappa shape index (κ2) is 6.32. The molecule has 0 bridgehead atoms. The van der Waals surface area contributed by atoms with Crippen LogP contribution in [0, 0.1) is 15.5 Å². The molecule has 136 valence electrons. The minimum absolute atomic E-state index is 0.101. The van der Waals surface area contributed by atoms with Gasteiger partial charge in [-0.3, -0.25) is 14.9 Å². The normalized spacial score (nSPS) is 24.2. The predicted molar refractivity (Wildman–Crippen MR) is 89.2 cm³/mol.